The Hall–Kier alpha value is -2.62. The Morgan fingerprint density at radius 2 is 1.85 bits per heavy atom. The zero-order chi connectivity index (χ0) is 13.9. The predicted octanol–water partition coefficient (Wildman–Crippen LogP) is 3.34. The third-order valence-electron chi connectivity index (χ3n) is 3.19. The van der Waals surface area contributed by atoms with Crippen molar-refractivity contribution < 1.29 is 9.47 Å². The van der Waals surface area contributed by atoms with Gasteiger partial charge >= 0.3 is 0 Å². The number of nitrogen functional groups attached to an aromatic ring is 1. The summed E-state index contributed by atoms with van der Waals surface area (Å²) in [4.78, 5) is 3.30. The molecule has 3 aromatic rings. The molecule has 0 saturated heterocycles. The predicted molar refractivity (Wildman–Crippen MR) is 80.0 cm³/mol. The van der Waals surface area contributed by atoms with E-state index in [2.05, 4.69) is 4.98 Å². The Labute approximate surface area is 117 Å². The smallest absolute Gasteiger partial charge is 0.128 e. The first-order valence-corrected chi connectivity index (χ1v) is 6.39. The summed E-state index contributed by atoms with van der Waals surface area (Å²) in [5, 5.41) is 1.02. The van der Waals surface area contributed by atoms with E-state index >= 15 is 0 Å². The topological polar surface area (TPSA) is 60.3 Å². The molecule has 102 valence electrons. The third-order valence-corrected chi connectivity index (χ3v) is 3.19. The van der Waals surface area contributed by atoms with E-state index in [0.29, 0.717) is 6.61 Å². The van der Waals surface area contributed by atoms with Crippen LogP contribution in [0.5, 0.6) is 11.5 Å². The summed E-state index contributed by atoms with van der Waals surface area (Å²) in [6, 6.07) is 15.4. The first-order valence-electron chi connectivity index (χ1n) is 6.39. The molecule has 0 amide bonds. The van der Waals surface area contributed by atoms with E-state index in [-0.39, 0.29) is 0 Å². The van der Waals surface area contributed by atoms with Crippen molar-refractivity contribution in [3.05, 3.63) is 54.2 Å². The Kier molecular flexibility index (Phi) is 3.21. The molecule has 1 heterocycles. The minimum Gasteiger partial charge on any atom is -0.497 e. The van der Waals surface area contributed by atoms with Crippen molar-refractivity contribution >= 4 is 16.6 Å². The molecule has 0 aliphatic heterocycles. The molecule has 4 nitrogen and oxygen atoms in total. The lowest BCUT2D eigenvalue weighted by Crippen LogP contribution is -1.95. The van der Waals surface area contributed by atoms with Crippen molar-refractivity contribution in [3.8, 4) is 11.5 Å². The zero-order valence-corrected chi connectivity index (χ0v) is 11.2. The Balaban J connectivity index is 1.78. The van der Waals surface area contributed by atoms with E-state index in [4.69, 9.17) is 15.2 Å². The van der Waals surface area contributed by atoms with Gasteiger partial charge in [-0.05, 0) is 30.3 Å². The second-order valence-electron chi connectivity index (χ2n) is 4.57. The molecular formula is C16H16N2O2. The van der Waals surface area contributed by atoms with Gasteiger partial charge in [0.15, 0.2) is 0 Å². The third kappa shape index (κ3) is 2.40. The van der Waals surface area contributed by atoms with Crippen molar-refractivity contribution in [2.75, 3.05) is 12.8 Å². The van der Waals surface area contributed by atoms with Crippen LogP contribution in [0, 0.1) is 0 Å². The summed E-state index contributed by atoms with van der Waals surface area (Å²) in [5.74, 6) is 1.55. The summed E-state index contributed by atoms with van der Waals surface area (Å²) in [5.41, 5.74) is 8.72. The first kappa shape index (κ1) is 12.4. The fourth-order valence-electron chi connectivity index (χ4n) is 2.17. The number of rotatable bonds is 4. The monoisotopic (exact) mass is 268 g/mol. The average molecular weight is 268 g/mol. The fourth-order valence-corrected chi connectivity index (χ4v) is 2.17. The van der Waals surface area contributed by atoms with E-state index < -0.39 is 0 Å². The Morgan fingerprint density at radius 1 is 1.05 bits per heavy atom. The zero-order valence-electron chi connectivity index (χ0n) is 11.2. The van der Waals surface area contributed by atoms with Crippen LogP contribution < -0.4 is 15.2 Å². The van der Waals surface area contributed by atoms with Gasteiger partial charge in [0.05, 0.1) is 12.8 Å². The number of nitrogens with one attached hydrogen (secondary N) is 1. The molecule has 3 N–H and O–H groups in total. The minimum atomic E-state index is 0.460. The van der Waals surface area contributed by atoms with E-state index in [1.54, 1.807) is 7.11 Å². The highest BCUT2D eigenvalue weighted by Gasteiger charge is 2.04. The Morgan fingerprint density at radius 3 is 2.65 bits per heavy atom. The van der Waals surface area contributed by atoms with Gasteiger partial charge in [-0.15, -0.1) is 0 Å². The molecule has 4 heteroatoms. The number of hydrogen-bond donors (Lipinski definition) is 2. The number of nitrogens with two attached hydrogens (primary N) is 1. The lowest BCUT2D eigenvalue weighted by Gasteiger charge is -2.06. The maximum Gasteiger partial charge on any atom is 0.128 e. The lowest BCUT2D eigenvalue weighted by molar-refractivity contribution is 0.300. The van der Waals surface area contributed by atoms with Gasteiger partial charge in [0, 0.05) is 22.7 Å². The molecule has 0 saturated carbocycles. The normalized spacial score (nSPS) is 10.7. The van der Waals surface area contributed by atoms with Crippen LogP contribution in [-0.4, -0.2) is 12.1 Å². The van der Waals surface area contributed by atoms with Gasteiger partial charge in [-0.1, -0.05) is 12.1 Å². The molecular weight excluding hydrogens is 252 g/mol. The number of H-pyrrole nitrogens is 1. The van der Waals surface area contributed by atoms with Gasteiger partial charge in [-0.3, -0.25) is 0 Å². The maximum absolute atomic E-state index is 5.94. The molecule has 2 aromatic carbocycles. The molecule has 0 aliphatic rings. The summed E-state index contributed by atoms with van der Waals surface area (Å²) in [7, 11) is 1.64. The lowest BCUT2D eigenvalue weighted by atomic mass is 10.2. The minimum absolute atomic E-state index is 0.460. The van der Waals surface area contributed by atoms with Crippen LogP contribution in [0.4, 0.5) is 5.69 Å². The van der Waals surface area contributed by atoms with Crippen LogP contribution in [0.3, 0.4) is 0 Å². The molecule has 0 spiro atoms. The van der Waals surface area contributed by atoms with E-state index in [1.807, 2.05) is 48.5 Å². The van der Waals surface area contributed by atoms with Gasteiger partial charge in [0.1, 0.15) is 18.1 Å². The Bertz CT molecular complexity index is 734. The number of benzene rings is 2. The molecule has 0 aliphatic carbocycles. The first-order chi connectivity index (χ1) is 9.76. The quantitative estimate of drug-likeness (QED) is 0.713. The number of aromatic nitrogens is 1. The van der Waals surface area contributed by atoms with Crippen molar-refractivity contribution in [1.29, 1.82) is 0 Å². The number of hydrogen-bond acceptors (Lipinski definition) is 3. The number of fused-ring (bicyclic) bond motifs is 1. The van der Waals surface area contributed by atoms with Crippen LogP contribution in [0.2, 0.25) is 0 Å². The van der Waals surface area contributed by atoms with E-state index in [1.165, 1.54) is 0 Å². The van der Waals surface area contributed by atoms with Gasteiger partial charge in [0.2, 0.25) is 0 Å². The number of methoxy groups -OCH3 is 1. The summed E-state index contributed by atoms with van der Waals surface area (Å²) in [6.45, 7) is 0.460. The average Bonchev–Trinajstić information content (AvgIpc) is 2.90. The number of aromatic amines is 1. The molecule has 0 bridgehead atoms. The highest BCUT2D eigenvalue weighted by molar-refractivity contribution is 5.91. The van der Waals surface area contributed by atoms with Crippen LogP contribution >= 0.6 is 0 Å². The second kappa shape index (κ2) is 5.17. The van der Waals surface area contributed by atoms with Gasteiger partial charge in [0.25, 0.3) is 0 Å². The van der Waals surface area contributed by atoms with Crippen molar-refractivity contribution in [2.45, 2.75) is 6.61 Å². The molecule has 0 unspecified atom stereocenters. The summed E-state index contributed by atoms with van der Waals surface area (Å²) in [6.07, 6.45) is 0. The van der Waals surface area contributed by atoms with E-state index in [0.717, 1.165) is 33.8 Å². The van der Waals surface area contributed by atoms with Crippen molar-refractivity contribution in [3.63, 3.8) is 0 Å². The molecule has 0 radical (unpaired) electrons. The molecule has 0 fully saturated rings. The number of anilines is 1. The summed E-state index contributed by atoms with van der Waals surface area (Å²) >= 11 is 0. The summed E-state index contributed by atoms with van der Waals surface area (Å²) < 4.78 is 10.9. The molecule has 0 atom stereocenters. The fraction of sp³-hybridized carbons (Fsp3) is 0.125. The highest BCUT2D eigenvalue weighted by atomic mass is 16.5. The van der Waals surface area contributed by atoms with Crippen LogP contribution in [-0.2, 0) is 6.61 Å². The van der Waals surface area contributed by atoms with Gasteiger partial charge in [-0.2, -0.15) is 0 Å². The van der Waals surface area contributed by atoms with Gasteiger partial charge in [-0.25, -0.2) is 0 Å². The second-order valence-corrected chi connectivity index (χ2v) is 4.57. The molecule has 20 heavy (non-hydrogen) atoms. The maximum atomic E-state index is 5.94. The largest absolute Gasteiger partial charge is 0.497 e. The SMILES string of the molecule is COc1cccc(OCc2cc3c(N)cccc3[nH]2)c1. The molecule has 3 rings (SSSR count). The standard InChI is InChI=1S/C16H16N2O2/c1-19-12-4-2-5-13(9-12)20-10-11-8-14-15(17)6-3-7-16(14)18-11/h2-9,18H,10,17H2,1H3. The van der Waals surface area contributed by atoms with Crippen LogP contribution in [0.1, 0.15) is 5.69 Å². The van der Waals surface area contributed by atoms with Crippen LogP contribution in [0.25, 0.3) is 10.9 Å². The van der Waals surface area contributed by atoms with Crippen molar-refractivity contribution in [1.82, 2.24) is 4.98 Å². The van der Waals surface area contributed by atoms with Crippen LogP contribution in [0.15, 0.2) is 48.5 Å². The van der Waals surface area contributed by atoms with Gasteiger partial charge < -0.3 is 20.2 Å². The highest BCUT2D eigenvalue weighted by Crippen LogP contribution is 2.23. The van der Waals surface area contributed by atoms with Crippen molar-refractivity contribution in [2.24, 2.45) is 0 Å². The number of ether oxygens (including phenoxy) is 2. The van der Waals surface area contributed by atoms with E-state index in [9.17, 15) is 0 Å². The molecule has 1 aromatic heterocycles.